The van der Waals surface area contributed by atoms with Crippen LogP contribution < -0.4 is 14.2 Å². The van der Waals surface area contributed by atoms with Gasteiger partial charge in [-0.05, 0) is 43.5 Å². The molecular formula is C26H27Cl2NO7. The molecule has 36 heavy (non-hydrogen) atoms. The summed E-state index contributed by atoms with van der Waals surface area (Å²) in [6, 6.07) is 7.57. The molecule has 1 N–H and O–H groups in total. The Balaban J connectivity index is 1.89. The van der Waals surface area contributed by atoms with Gasteiger partial charge in [0.15, 0.2) is 11.5 Å². The van der Waals surface area contributed by atoms with E-state index in [-0.39, 0.29) is 45.3 Å². The zero-order chi connectivity index (χ0) is 26.0. The SMILES string of the molecule is CCOc1ccc(C2/C(=C(\O)c3cc(Cl)c(OC)c(Cl)c3OC)C(=O)C(=O)N2CC2CCCO2)cc1. The Morgan fingerprint density at radius 3 is 2.42 bits per heavy atom. The van der Waals surface area contributed by atoms with E-state index in [1.54, 1.807) is 24.3 Å². The summed E-state index contributed by atoms with van der Waals surface area (Å²) in [4.78, 5) is 28.0. The summed E-state index contributed by atoms with van der Waals surface area (Å²) in [5.41, 5.74) is 0.596. The average molecular weight is 536 g/mol. The molecular weight excluding hydrogens is 509 g/mol. The van der Waals surface area contributed by atoms with Crippen LogP contribution in [0.4, 0.5) is 0 Å². The number of carbonyl (C=O) groups is 2. The Bertz CT molecular complexity index is 1190. The molecule has 0 bridgehead atoms. The van der Waals surface area contributed by atoms with Crippen LogP contribution in [0.2, 0.25) is 10.0 Å². The van der Waals surface area contributed by atoms with Crippen LogP contribution in [0.25, 0.3) is 5.76 Å². The normalized spacial score (nSPS) is 21.2. The highest BCUT2D eigenvalue weighted by molar-refractivity contribution is 6.47. The van der Waals surface area contributed by atoms with Crippen LogP contribution in [0, 0.1) is 0 Å². The number of ketones is 1. The molecule has 0 aromatic heterocycles. The lowest BCUT2D eigenvalue weighted by Gasteiger charge is -2.27. The molecule has 8 nitrogen and oxygen atoms in total. The van der Waals surface area contributed by atoms with Crippen LogP contribution in [0.5, 0.6) is 17.2 Å². The molecule has 2 aromatic carbocycles. The van der Waals surface area contributed by atoms with Crippen molar-refractivity contribution in [3.05, 3.63) is 57.1 Å². The van der Waals surface area contributed by atoms with E-state index in [4.69, 9.17) is 42.1 Å². The molecule has 2 aliphatic heterocycles. The molecule has 2 heterocycles. The van der Waals surface area contributed by atoms with Crippen molar-refractivity contribution in [3.63, 3.8) is 0 Å². The number of benzene rings is 2. The number of likely N-dealkylation sites (tertiary alicyclic amines) is 1. The Hall–Kier alpha value is -2.94. The van der Waals surface area contributed by atoms with Gasteiger partial charge in [-0.15, -0.1) is 0 Å². The number of hydrogen-bond acceptors (Lipinski definition) is 7. The minimum Gasteiger partial charge on any atom is -0.507 e. The molecule has 10 heteroatoms. The largest absolute Gasteiger partial charge is 0.507 e. The maximum Gasteiger partial charge on any atom is 0.295 e. The number of aliphatic hydroxyl groups excluding tert-OH is 1. The number of nitrogens with zero attached hydrogens (tertiary/aromatic N) is 1. The zero-order valence-electron chi connectivity index (χ0n) is 20.2. The number of aliphatic hydroxyl groups is 1. The summed E-state index contributed by atoms with van der Waals surface area (Å²) < 4.78 is 21.9. The van der Waals surface area contributed by atoms with Crippen molar-refractivity contribution < 1.29 is 33.6 Å². The summed E-state index contributed by atoms with van der Waals surface area (Å²) in [6.45, 7) is 3.18. The predicted octanol–water partition coefficient (Wildman–Crippen LogP) is 5.01. The van der Waals surface area contributed by atoms with Crippen LogP contribution in [-0.2, 0) is 14.3 Å². The van der Waals surface area contributed by atoms with Gasteiger partial charge in [-0.1, -0.05) is 35.3 Å². The number of carbonyl (C=O) groups excluding carboxylic acids is 2. The van der Waals surface area contributed by atoms with Gasteiger partial charge in [-0.2, -0.15) is 0 Å². The second-order valence-corrected chi connectivity index (χ2v) is 9.16. The maximum absolute atomic E-state index is 13.3. The van der Waals surface area contributed by atoms with E-state index in [0.29, 0.717) is 24.5 Å². The Labute approximate surface area is 219 Å². The third-order valence-electron chi connectivity index (χ3n) is 6.27. The molecule has 2 saturated heterocycles. The van der Waals surface area contributed by atoms with Gasteiger partial charge in [0.1, 0.15) is 16.5 Å². The van der Waals surface area contributed by atoms with Crippen LogP contribution in [0.3, 0.4) is 0 Å². The van der Waals surface area contributed by atoms with Gasteiger partial charge >= 0.3 is 0 Å². The minimum absolute atomic E-state index is 0.0280. The molecule has 0 aliphatic carbocycles. The van der Waals surface area contributed by atoms with E-state index in [2.05, 4.69) is 0 Å². The van der Waals surface area contributed by atoms with E-state index in [1.165, 1.54) is 25.2 Å². The molecule has 0 radical (unpaired) electrons. The molecule has 2 fully saturated rings. The lowest BCUT2D eigenvalue weighted by Crippen LogP contribution is -2.36. The topological polar surface area (TPSA) is 94.5 Å². The summed E-state index contributed by atoms with van der Waals surface area (Å²) in [5, 5.41) is 11.6. The van der Waals surface area contributed by atoms with Gasteiger partial charge in [0, 0.05) is 13.2 Å². The lowest BCUT2D eigenvalue weighted by atomic mass is 9.94. The quantitative estimate of drug-likeness (QED) is 0.288. The first-order chi connectivity index (χ1) is 17.3. The fourth-order valence-corrected chi connectivity index (χ4v) is 5.31. The van der Waals surface area contributed by atoms with E-state index in [9.17, 15) is 14.7 Å². The van der Waals surface area contributed by atoms with Crippen molar-refractivity contribution >= 4 is 40.7 Å². The summed E-state index contributed by atoms with van der Waals surface area (Å²) in [5.74, 6) is -1.14. The van der Waals surface area contributed by atoms with Gasteiger partial charge in [0.05, 0.1) is 49.1 Å². The van der Waals surface area contributed by atoms with Crippen LogP contribution in [0.15, 0.2) is 35.9 Å². The summed E-state index contributed by atoms with van der Waals surface area (Å²) in [7, 11) is 2.76. The third-order valence-corrected chi connectivity index (χ3v) is 6.89. The van der Waals surface area contributed by atoms with Crippen molar-refractivity contribution in [2.75, 3.05) is 34.0 Å². The Morgan fingerprint density at radius 1 is 1.14 bits per heavy atom. The van der Waals surface area contributed by atoms with E-state index in [1.807, 2.05) is 6.92 Å². The standard InChI is InChI=1S/C26H27Cl2NO7/c1-4-35-15-9-7-14(8-10-15)21-19(23(31)26(32)29(21)13-16-6-5-11-36-16)22(30)17-12-18(27)25(34-3)20(28)24(17)33-2/h7-10,12,16,21,30H,4-6,11,13H2,1-3H3/b22-19+. The molecule has 2 aromatic rings. The first-order valence-corrected chi connectivity index (χ1v) is 12.3. The highest BCUT2D eigenvalue weighted by Gasteiger charge is 2.47. The second-order valence-electron chi connectivity index (χ2n) is 8.37. The second kappa shape index (κ2) is 11.0. The molecule has 2 atom stereocenters. The van der Waals surface area contributed by atoms with Crippen molar-refractivity contribution in [2.24, 2.45) is 0 Å². The highest BCUT2D eigenvalue weighted by atomic mass is 35.5. The monoisotopic (exact) mass is 535 g/mol. The van der Waals surface area contributed by atoms with Crippen molar-refractivity contribution in [1.29, 1.82) is 0 Å². The molecule has 4 rings (SSSR count). The average Bonchev–Trinajstić information content (AvgIpc) is 3.47. The number of hydrogen-bond donors (Lipinski definition) is 1. The molecule has 192 valence electrons. The predicted molar refractivity (Wildman–Crippen MR) is 135 cm³/mol. The Morgan fingerprint density at radius 2 is 1.83 bits per heavy atom. The molecule has 2 unspecified atom stereocenters. The van der Waals surface area contributed by atoms with E-state index in [0.717, 1.165) is 12.8 Å². The molecule has 2 aliphatic rings. The first-order valence-electron chi connectivity index (χ1n) is 11.5. The summed E-state index contributed by atoms with van der Waals surface area (Å²) in [6.07, 6.45) is 1.45. The van der Waals surface area contributed by atoms with Gasteiger partial charge in [-0.3, -0.25) is 9.59 Å². The van der Waals surface area contributed by atoms with Crippen molar-refractivity contribution in [2.45, 2.75) is 31.9 Å². The zero-order valence-corrected chi connectivity index (χ0v) is 21.7. The summed E-state index contributed by atoms with van der Waals surface area (Å²) >= 11 is 12.7. The van der Waals surface area contributed by atoms with E-state index < -0.39 is 23.5 Å². The molecule has 0 saturated carbocycles. The highest BCUT2D eigenvalue weighted by Crippen LogP contribution is 2.47. The lowest BCUT2D eigenvalue weighted by molar-refractivity contribution is -0.140. The third kappa shape index (κ3) is 4.73. The van der Waals surface area contributed by atoms with Crippen molar-refractivity contribution in [1.82, 2.24) is 4.90 Å². The van der Waals surface area contributed by atoms with E-state index >= 15 is 0 Å². The number of halogens is 2. The van der Waals surface area contributed by atoms with Crippen LogP contribution >= 0.6 is 23.2 Å². The van der Waals surface area contributed by atoms with Gasteiger partial charge in [0.25, 0.3) is 11.7 Å². The number of methoxy groups -OCH3 is 2. The Kier molecular flexibility index (Phi) is 7.97. The number of ether oxygens (including phenoxy) is 4. The number of amides is 1. The van der Waals surface area contributed by atoms with Crippen molar-refractivity contribution in [3.8, 4) is 17.2 Å². The van der Waals surface area contributed by atoms with Gasteiger partial charge in [0.2, 0.25) is 0 Å². The number of Topliss-reactive ketones (excluding diaryl/α,β-unsaturated/α-hetero) is 1. The van der Waals surface area contributed by atoms with Gasteiger partial charge < -0.3 is 29.0 Å². The van der Waals surface area contributed by atoms with Crippen LogP contribution in [-0.4, -0.2) is 61.8 Å². The minimum atomic E-state index is -0.866. The number of rotatable bonds is 8. The smallest absolute Gasteiger partial charge is 0.295 e. The fourth-order valence-electron chi connectivity index (χ4n) is 4.63. The molecule has 1 amide bonds. The van der Waals surface area contributed by atoms with Gasteiger partial charge in [-0.25, -0.2) is 0 Å². The fraction of sp³-hybridized carbons (Fsp3) is 0.385. The molecule has 0 spiro atoms. The first kappa shape index (κ1) is 26.1. The van der Waals surface area contributed by atoms with Crippen LogP contribution in [0.1, 0.15) is 36.9 Å². The maximum atomic E-state index is 13.3.